The van der Waals surface area contributed by atoms with Gasteiger partial charge in [-0.25, -0.2) is 4.98 Å². The lowest BCUT2D eigenvalue weighted by molar-refractivity contribution is -0.360. The third-order valence-corrected chi connectivity index (χ3v) is 1.84. The van der Waals surface area contributed by atoms with E-state index in [0.717, 1.165) is 12.1 Å². The fraction of sp³-hybridized carbons (Fsp3) is 0.375. The van der Waals surface area contributed by atoms with Crippen LogP contribution in [0.5, 0.6) is 0 Å². The Morgan fingerprint density at radius 3 is 1.88 bits per heavy atom. The van der Waals surface area contributed by atoms with Gasteiger partial charge in [0.05, 0.1) is 0 Å². The molecule has 0 aliphatic carbocycles. The summed E-state index contributed by atoms with van der Waals surface area (Å²) in [6.45, 7) is 0. The van der Waals surface area contributed by atoms with Gasteiger partial charge in [-0.3, -0.25) is 0 Å². The summed E-state index contributed by atoms with van der Waals surface area (Å²) in [4.78, 5) is 2.77. The Hall–Kier alpha value is -1.54. The maximum absolute atomic E-state index is 13.0. The number of rotatable bonds is 2. The molecule has 17 heavy (non-hydrogen) atoms. The van der Waals surface area contributed by atoms with Crippen molar-refractivity contribution in [2.24, 2.45) is 0 Å². The van der Waals surface area contributed by atoms with Crippen LogP contribution >= 0.6 is 0 Å². The number of nitrogen functional groups attached to an aromatic ring is 1. The van der Waals surface area contributed by atoms with E-state index < -0.39 is 29.5 Å². The Bertz CT molecular complexity index is 413. The van der Waals surface area contributed by atoms with Gasteiger partial charge < -0.3 is 5.73 Å². The van der Waals surface area contributed by atoms with Crippen LogP contribution in [0.3, 0.4) is 0 Å². The number of hydrogen-bond acceptors (Lipinski definition) is 2. The van der Waals surface area contributed by atoms with E-state index in [-0.39, 0.29) is 0 Å². The van der Waals surface area contributed by atoms with E-state index in [1.807, 2.05) is 0 Å². The largest absolute Gasteiger partial charge is 0.460 e. The van der Waals surface area contributed by atoms with Gasteiger partial charge in [0, 0.05) is 0 Å². The lowest BCUT2D eigenvalue weighted by Gasteiger charge is -2.27. The minimum atomic E-state index is -6.39. The first-order valence-electron chi connectivity index (χ1n) is 4.05. The van der Waals surface area contributed by atoms with Crippen LogP contribution in [0.1, 0.15) is 5.69 Å². The van der Waals surface area contributed by atoms with Crippen molar-refractivity contribution in [2.45, 2.75) is 18.0 Å². The van der Waals surface area contributed by atoms with Gasteiger partial charge in [0.15, 0.2) is 0 Å². The molecule has 1 heterocycles. The van der Waals surface area contributed by atoms with E-state index >= 15 is 0 Å². The molecule has 0 amide bonds. The van der Waals surface area contributed by atoms with Gasteiger partial charge in [-0.05, 0) is 12.1 Å². The molecule has 0 radical (unpaired) electrons. The van der Waals surface area contributed by atoms with Crippen LogP contribution in [0.15, 0.2) is 18.2 Å². The van der Waals surface area contributed by atoms with Crippen molar-refractivity contribution < 1.29 is 30.7 Å². The molecule has 0 aliphatic heterocycles. The Kier molecular flexibility index (Phi) is 2.98. The quantitative estimate of drug-likeness (QED) is 0.832. The van der Waals surface area contributed by atoms with Gasteiger partial charge >= 0.3 is 18.0 Å². The molecular weight excluding hydrogens is 257 g/mol. The van der Waals surface area contributed by atoms with Crippen molar-refractivity contribution in [3.63, 3.8) is 0 Å². The van der Waals surface area contributed by atoms with E-state index in [4.69, 9.17) is 5.73 Å². The maximum atomic E-state index is 13.0. The normalized spacial score (nSPS) is 13.8. The Morgan fingerprint density at radius 1 is 0.941 bits per heavy atom. The van der Waals surface area contributed by atoms with Crippen LogP contribution in [0.25, 0.3) is 0 Å². The standard InChI is InChI=1S/C8H5F7N2/c9-6(10,7(11,12)8(13,14)15)4-2-1-3-5(16)17-4/h1-3H,(H2,16,17). The van der Waals surface area contributed by atoms with Gasteiger partial charge in [-0.2, -0.15) is 30.7 Å². The minimum Gasteiger partial charge on any atom is -0.384 e. The molecule has 0 spiro atoms. The van der Waals surface area contributed by atoms with Crippen LogP contribution in [0.2, 0.25) is 0 Å². The predicted octanol–water partition coefficient (Wildman–Crippen LogP) is 2.95. The smallest absolute Gasteiger partial charge is 0.384 e. The second-order valence-corrected chi connectivity index (χ2v) is 3.09. The summed E-state index contributed by atoms with van der Waals surface area (Å²) in [5, 5.41) is 0. The lowest BCUT2D eigenvalue weighted by Crippen LogP contribution is -2.50. The van der Waals surface area contributed by atoms with Crippen LogP contribution < -0.4 is 5.73 Å². The Balaban J connectivity index is 3.28. The number of halogens is 7. The Morgan fingerprint density at radius 2 is 1.47 bits per heavy atom. The first-order valence-corrected chi connectivity index (χ1v) is 4.05. The molecule has 0 saturated carbocycles. The molecule has 96 valence electrons. The zero-order chi connectivity index (χ0) is 13.5. The summed E-state index contributed by atoms with van der Waals surface area (Å²) in [6.07, 6.45) is -6.39. The molecule has 9 heteroatoms. The molecule has 0 bridgehead atoms. The van der Waals surface area contributed by atoms with Crippen molar-refractivity contribution in [1.82, 2.24) is 4.98 Å². The highest BCUT2D eigenvalue weighted by atomic mass is 19.4. The summed E-state index contributed by atoms with van der Waals surface area (Å²) in [5.41, 5.74) is 3.20. The third kappa shape index (κ3) is 2.13. The molecular formula is C8H5F7N2. The Labute approximate surface area is 90.2 Å². The van der Waals surface area contributed by atoms with Crippen molar-refractivity contribution in [3.8, 4) is 0 Å². The second kappa shape index (κ2) is 3.74. The van der Waals surface area contributed by atoms with Crippen LogP contribution in [-0.2, 0) is 5.92 Å². The van der Waals surface area contributed by atoms with E-state index in [1.165, 1.54) is 0 Å². The maximum Gasteiger partial charge on any atom is 0.460 e. The molecule has 2 nitrogen and oxygen atoms in total. The van der Waals surface area contributed by atoms with E-state index in [0.29, 0.717) is 6.07 Å². The fourth-order valence-corrected chi connectivity index (χ4v) is 0.965. The number of nitrogens with zero attached hydrogens (tertiary/aromatic N) is 1. The summed E-state index contributed by atoms with van der Waals surface area (Å²) < 4.78 is 86.7. The average Bonchev–Trinajstić information content (AvgIpc) is 2.15. The van der Waals surface area contributed by atoms with Crippen LogP contribution in [0.4, 0.5) is 36.6 Å². The lowest BCUT2D eigenvalue weighted by atomic mass is 10.1. The molecule has 0 fully saturated rings. The van der Waals surface area contributed by atoms with Crippen LogP contribution in [0, 0.1) is 0 Å². The monoisotopic (exact) mass is 262 g/mol. The van der Waals surface area contributed by atoms with E-state index in [1.54, 1.807) is 0 Å². The van der Waals surface area contributed by atoms with Gasteiger partial charge in [0.2, 0.25) is 0 Å². The first kappa shape index (κ1) is 13.5. The fourth-order valence-electron chi connectivity index (χ4n) is 0.965. The molecule has 0 unspecified atom stereocenters. The molecule has 1 aromatic heterocycles. The highest BCUT2D eigenvalue weighted by Crippen LogP contribution is 2.51. The van der Waals surface area contributed by atoms with Crippen molar-refractivity contribution in [2.75, 3.05) is 5.73 Å². The molecule has 0 saturated heterocycles. The number of anilines is 1. The van der Waals surface area contributed by atoms with Gasteiger partial charge in [0.25, 0.3) is 0 Å². The molecule has 0 aromatic carbocycles. The minimum absolute atomic E-state index is 0.343. The first-order chi connectivity index (χ1) is 7.50. The number of alkyl halides is 7. The summed E-state index contributed by atoms with van der Waals surface area (Å²) >= 11 is 0. The number of hydrogen-bond donors (Lipinski definition) is 1. The molecule has 0 atom stereocenters. The second-order valence-electron chi connectivity index (χ2n) is 3.09. The van der Waals surface area contributed by atoms with Gasteiger partial charge in [0.1, 0.15) is 11.5 Å². The molecule has 1 rings (SSSR count). The van der Waals surface area contributed by atoms with E-state index in [2.05, 4.69) is 4.98 Å². The zero-order valence-electron chi connectivity index (χ0n) is 7.90. The molecule has 0 aliphatic rings. The van der Waals surface area contributed by atoms with E-state index in [9.17, 15) is 30.7 Å². The molecule has 1 aromatic rings. The topological polar surface area (TPSA) is 38.9 Å². The average molecular weight is 262 g/mol. The summed E-state index contributed by atoms with van der Waals surface area (Å²) in [7, 11) is 0. The van der Waals surface area contributed by atoms with Crippen molar-refractivity contribution in [3.05, 3.63) is 23.9 Å². The van der Waals surface area contributed by atoms with Crippen molar-refractivity contribution in [1.29, 1.82) is 0 Å². The highest BCUT2D eigenvalue weighted by Gasteiger charge is 2.74. The zero-order valence-corrected chi connectivity index (χ0v) is 7.90. The number of pyridine rings is 1. The summed E-state index contributed by atoms with van der Waals surface area (Å²) in [5.74, 6) is -12.3. The molecule has 2 N–H and O–H groups in total. The third-order valence-electron chi connectivity index (χ3n) is 1.84. The highest BCUT2D eigenvalue weighted by molar-refractivity contribution is 5.31. The number of nitrogens with two attached hydrogens (primary N) is 1. The van der Waals surface area contributed by atoms with Gasteiger partial charge in [-0.1, -0.05) is 6.07 Å². The van der Waals surface area contributed by atoms with Crippen molar-refractivity contribution >= 4 is 5.82 Å². The predicted molar refractivity (Wildman–Crippen MR) is 43.5 cm³/mol. The van der Waals surface area contributed by atoms with Crippen LogP contribution in [-0.4, -0.2) is 17.1 Å². The number of aromatic nitrogens is 1. The summed E-state index contributed by atoms with van der Waals surface area (Å²) in [6, 6.07) is 2.12. The van der Waals surface area contributed by atoms with Gasteiger partial charge in [-0.15, -0.1) is 0 Å². The SMILES string of the molecule is Nc1cccc(C(F)(F)C(F)(F)C(F)(F)F)n1.